The minimum atomic E-state index is 0.263. The highest BCUT2D eigenvalue weighted by molar-refractivity contribution is 6.20. The predicted octanol–water partition coefficient (Wildman–Crippen LogP) is 3.03. The quantitative estimate of drug-likeness (QED) is 0.654. The van der Waals surface area contributed by atoms with Crippen LogP contribution in [0.3, 0.4) is 0 Å². The number of aromatic nitrogens is 1. The molecular formula is C10H14ClN. The van der Waals surface area contributed by atoms with Crippen LogP contribution in [0.15, 0.2) is 24.5 Å². The first-order valence-corrected chi connectivity index (χ1v) is 4.79. The van der Waals surface area contributed by atoms with Gasteiger partial charge in [-0.3, -0.25) is 4.98 Å². The van der Waals surface area contributed by atoms with E-state index in [9.17, 15) is 0 Å². The molecule has 1 aromatic heterocycles. The van der Waals surface area contributed by atoms with Crippen molar-refractivity contribution in [3.05, 3.63) is 30.1 Å². The summed E-state index contributed by atoms with van der Waals surface area (Å²) in [4.78, 5) is 4.04. The van der Waals surface area contributed by atoms with Gasteiger partial charge >= 0.3 is 0 Å². The zero-order chi connectivity index (χ0) is 8.81. The Hall–Kier alpha value is -0.560. The molecule has 12 heavy (non-hydrogen) atoms. The summed E-state index contributed by atoms with van der Waals surface area (Å²) in [5, 5.41) is 0.263. The Balaban J connectivity index is 2.41. The van der Waals surface area contributed by atoms with Crippen molar-refractivity contribution < 1.29 is 0 Å². The van der Waals surface area contributed by atoms with E-state index >= 15 is 0 Å². The number of halogens is 1. The third-order valence-corrected chi connectivity index (χ3v) is 2.15. The second-order valence-corrected chi connectivity index (χ2v) is 3.57. The van der Waals surface area contributed by atoms with Crippen LogP contribution >= 0.6 is 11.6 Å². The van der Waals surface area contributed by atoms with Crippen molar-refractivity contribution in [3.8, 4) is 0 Å². The van der Waals surface area contributed by atoms with E-state index in [1.807, 2.05) is 12.3 Å². The maximum Gasteiger partial charge on any atom is 0.0376 e. The third kappa shape index (κ3) is 3.22. The summed E-state index contributed by atoms with van der Waals surface area (Å²) >= 11 is 6.09. The highest BCUT2D eigenvalue weighted by Gasteiger charge is 2.03. The van der Waals surface area contributed by atoms with E-state index in [4.69, 9.17) is 11.6 Å². The van der Waals surface area contributed by atoms with Crippen LogP contribution in [0.2, 0.25) is 0 Å². The van der Waals surface area contributed by atoms with E-state index < -0.39 is 0 Å². The van der Waals surface area contributed by atoms with Gasteiger partial charge in [-0.1, -0.05) is 19.4 Å². The molecule has 0 aromatic carbocycles. The molecule has 1 atom stereocenters. The van der Waals surface area contributed by atoms with Gasteiger partial charge in [0.15, 0.2) is 0 Å². The maximum absolute atomic E-state index is 6.09. The Bertz CT molecular complexity index is 210. The van der Waals surface area contributed by atoms with Crippen molar-refractivity contribution in [3.63, 3.8) is 0 Å². The Morgan fingerprint density at radius 1 is 1.58 bits per heavy atom. The second kappa shape index (κ2) is 5.15. The normalized spacial score (nSPS) is 12.8. The van der Waals surface area contributed by atoms with E-state index in [0.717, 1.165) is 19.3 Å². The van der Waals surface area contributed by atoms with Crippen LogP contribution in [0, 0.1) is 0 Å². The summed E-state index contributed by atoms with van der Waals surface area (Å²) in [6, 6.07) is 4.02. The van der Waals surface area contributed by atoms with Crippen LogP contribution in [-0.2, 0) is 6.42 Å². The SMILES string of the molecule is CCCC(Cl)Cc1cccnc1. The van der Waals surface area contributed by atoms with Crippen LogP contribution in [-0.4, -0.2) is 10.4 Å². The predicted molar refractivity (Wildman–Crippen MR) is 52.5 cm³/mol. The third-order valence-electron chi connectivity index (χ3n) is 1.78. The first-order valence-electron chi connectivity index (χ1n) is 4.36. The van der Waals surface area contributed by atoms with E-state index in [0.29, 0.717) is 0 Å². The van der Waals surface area contributed by atoms with Gasteiger partial charge in [0, 0.05) is 17.8 Å². The van der Waals surface area contributed by atoms with Gasteiger partial charge in [0.2, 0.25) is 0 Å². The molecule has 0 aliphatic rings. The molecule has 0 saturated heterocycles. The van der Waals surface area contributed by atoms with Gasteiger partial charge in [0.1, 0.15) is 0 Å². The number of alkyl halides is 1. The van der Waals surface area contributed by atoms with Crippen LogP contribution in [0.4, 0.5) is 0 Å². The first-order chi connectivity index (χ1) is 5.83. The summed E-state index contributed by atoms with van der Waals surface area (Å²) in [7, 11) is 0. The highest BCUT2D eigenvalue weighted by atomic mass is 35.5. The monoisotopic (exact) mass is 183 g/mol. The number of pyridine rings is 1. The molecule has 0 fully saturated rings. The Morgan fingerprint density at radius 2 is 2.42 bits per heavy atom. The lowest BCUT2D eigenvalue weighted by Crippen LogP contribution is -2.02. The average Bonchev–Trinajstić information content (AvgIpc) is 2.06. The van der Waals surface area contributed by atoms with Gasteiger partial charge in [0.05, 0.1) is 0 Å². The van der Waals surface area contributed by atoms with Crippen molar-refractivity contribution in [1.82, 2.24) is 4.98 Å². The maximum atomic E-state index is 6.09. The summed E-state index contributed by atoms with van der Waals surface area (Å²) in [5.74, 6) is 0. The first kappa shape index (κ1) is 9.53. The average molecular weight is 184 g/mol. The molecule has 1 rings (SSSR count). The molecule has 0 aliphatic carbocycles. The van der Waals surface area contributed by atoms with Crippen LogP contribution in [0.25, 0.3) is 0 Å². The Labute approximate surface area is 78.8 Å². The molecular weight excluding hydrogens is 170 g/mol. The molecule has 0 radical (unpaired) electrons. The van der Waals surface area contributed by atoms with Crippen molar-refractivity contribution in [2.75, 3.05) is 0 Å². The van der Waals surface area contributed by atoms with E-state index in [1.165, 1.54) is 5.56 Å². The lowest BCUT2D eigenvalue weighted by atomic mass is 10.1. The molecule has 0 aliphatic heterocycles. The lowest BCUT2D eigenvalue weighted by Gasteiger charge is -2.06. The second-order valence-electron chi connectivity index (χ2n) is 2.95. The number of hydrogen-bond donors (Lipinski definition) is 0. The fraction of sp³-hybridized carbons (Fsp3) is 0.500. The Morgan fingerprint density at radius 3 is 3.00 bits per heavy atom. The van der Waals surface area contributed by atoms with Crippen molar-refractivity contribution in [2.24, 2.45) is 0 Å². The molecule has 0 N–H and O–H groups in total. The summed E-state index contributed by atoms with van der Waals surface area (Å²) in [6.07, 6.45) is 6.83. The fourth-order valence-electron chi connectivity index (χ4n) is 1.19. The number of rotatable bonds is 4. The molecule has 0 spiro atoms. The molecule has 66 valence electrons. The van der Waals surface area contributed by atoms with Gasteiger partial charge in [-0.2, -0.15) is 0 Å². The summed E-state index contributed by atoms with van der Waals surface area (Å²) < 4.78 is 0. The zero-order valence-corrected chi connectivity index (χ0v) is 8.09. The van der Waals surface area contributed by atoms with E-state index in [-0.39, 0.29) is 5.38 Å². The van der Waals surface area contributed by atoms with Gasteiger partial charge in [-0.05, 0) is 24.5 Å². The van der Waals surface area contributed by atoms with Gasteiger partial charge in [-0.25, -0.2) is 0 Å². The summed E-state index contributed by atoms with van der Waals surface area (Å²) in [5.41, 5.74) is 1.23. The smallest absolute Gasteiger partial charge is 0.0376 e. The molecule has 1 aromatic rings. The largest absolute Gasteiger partial charge is 0.264 e. The topological polar surface area (TPSA) is 12.9 Å². The van der Waals surface area contributed by atoms with E-state index in [2.05, 4.69) is 18.0 Å². The standard InChI is InChI=1S/C10H14ClN/c1-2-4-10(11)7-9-5-3-6-12-8-9/h3,5-6,8,10H,2,4,7H2,1H3. The molecule has 0 bridgehead atoms. The molecule has 1 heterocycles. The highest BCUT2D eigenvalue weighted by Crippen LogP contribution is 2.11. The number of nitrogens with zero attached hydrogens (tertiary/aromatic N) is 1. The summed E-state index contributed by atoms with van der Waals surface area (Å²) in [6.45, 7) is 2.15. The Kier molecular flexibility index (Phi) is 4.09. The van der Waals surface area contributed by atoms with Crippen LogP contribution in [0.5, 0.6) is 0 Å². The lowest BCUT2D eigenvalue weighted by molar-refractivity contribution is 0.725. The molecule has 0 saturated carbocycles. The minimum absolute atomic E-state index is 0.263. The van der Waals surface area contributed by atoms with Crippen LogP contribution in [0.1, 0.15) is 25.3 Å². The van der Waals surface area contributed by atoms with Crippen molar-refractivity contribution >= 4 is 11.6 Å². The molecule has 1 nitrogen and oxygen atoms in total. The number of hydrogen-bond acceptors (Lipinski definition) is 1. The fourth-order valence-corrected chi connectivity index (χ4v) is 1.59. The molecule has 0 amide bonds. The zero-order valence-electron chi connectivity index (χ0n) is 7.33. The minimum Gasteiger partial charge on any atom is -0.264 e. The van der Waals surface area contributed by atoms with Crippen LogP contribution < -0.4 is 0 Å². The van der Waals surface area contributed by atoms with Crippen molar-refractivity contribution in [2.45, 2.75) is 31.6 Å². The van der Waals surface area contributed by atoms with Gasteiger partial charge in [0.25, 0.3) is 0 Å². The van der Waals surface area contributed by atoms with Gasteiger partial charge < -0.3 is 0 Å². The molecule has 1 unspecified atom stereocenters. The van der Waals surface area contributed by atoms with Crippen molar-refractivity contribution in [1.29, 1.82) is 0 Å². The van der Waals surface area contributed by atoms with E-state index in [1.54, 1.807) is 6.20 Å². The molecule has 2 heteroatoms. The van der Waals surface area contributed by atoms with Gasteiger partial charge in [-0.15, -0.1) is 11.6 Å².